The quantitative estimate of drug-likeness (QED) is 0.804. The molecule has 0 aliphatic heterocycles. The molecular weight excluding hydrogens is 303 g/mol. The van der Waals surface area contributed by atoms with E-state index in [0.29, 0.717) is 10.7 Å². The lowest BCUT2D eigenvalue weighted by atomic mass is 10.1. The molecule has 4 nitrogen and oxygen atoms in total. The molecule has 112 valence electrons. The number of nitrogens with two attached hydrogens (primary N) is 1. The molecule has 2 N–H and O–H groups in total. The van der Waals surface area contributed by atoms with Crippen molar-refractivity contribution in [2.75, 3.05) is 0 Å². The molecule has 0 spiro atoms. The lowest BCUT2D eigenvalue weighted by Gasteiger charge is -2.11. The van der Waals surface area contributed by atoms with Gasteiger partial charge in [-0.2, -0.15) is 0 Å². The van der Waals surface area contributed by atoms with Crippen molar-refractivity contribution in [3.05, 3.63) is 64.6 Å². The van der Waals surface area contributed by atoms with Crippen LogP contribution in [0.1, 0.15) is 11.3 Å². The van der Waals surface area contributed by atoms with Gasteiger partial charge < -0.3 is 5.73 Å². The Kier molecular flexibility index (Phi) is 3.92. The number of aromatic nitrogens is 3. The molecule has 0 aliphatic carbocycles. The third-order valence-corrected chi connectivity index (χ3v) is 3.69. The Morgan fingerprint density at radius 1 is 1.18 bits per heavy atom. The molecule has 0 amide bonds. The third kappa shape index (κ3) is 2.61. The number of rotatable bonds is 3. The first-order valence-corrected chi connectivity index (χ1v) is 7.15. The first-order chi connectivity index (χ1) is 10.6. The van der Waals surface area contributed by atoms with Crippen LogP contribution < -0.4 is 5.73 Å². The molecule has 0 unspecified atom stereocenters. The van der Waals surface area contributed by atoms with Gasteiger partial charge in [0.15, 0.2) is 0 Å². The molecule has 0 aliphatic rings. The average Bonchev–Trinajstić information content (AvgIpc) is 2.94. The van der Waals surface area contributed by atoms with Gasteiger partial charge in [-0.05, 0) is 48.9 Å². The second-order valence-corrected chi connectivity index (χ2v) is 5.37. The van der Waals surface area contributed by atoms with Crippen LogP contribution in [-0.2, 0) is 6.54 Å². The topological polar surface area (TPSA) is 56.7 Å². The summed E-state index contributed by atoms with van der Waals surface area (Å²) in [7, 11) is 0. The maximum absolute atomic E-state index is 13.2. The monoisotopic (exact) mass is 316 g/mol. The summed E-state index contributed by atoms with van der Waals surface area (Å²) in [6, 6.07) is 11.7. The summed E-state index contributed by atoms with van der Waals surface area (Å²) in [5.41, 5.74) is 9.77. The summed E-state index contributed by atoms with van der Waals surface area (Å²) >= 11 is 6.09. The molecule has 6 heteroatoms. The summed E-state index contributed by atoms with van der Waals surface area (Å²) in [6.07, 6.45) is 0. The van der Waals surface area contributed by atoms with Crippen molar-refractivity contribution in [1.82, 2.24) is 15.0 Å². The van der Waals surface area contributed by atoms with Crippen LogP contribution in [0.25, 0.3) is 16.9 Å². The van der Waals surface area contributed by atoms with Crippen molar-refractivity contribution >= 4 is 11.6 Å². The van der Waals surface area contributed by atoms with Crippen molar-refractivity contribution in [2.24, 2.45) is 5.73 Å². The summed E-state index contributed by atoms with van der Waals surface area (Å²) in [5.74, 6) is -0.295. The number of hydrogen-bond acceptors (Lipinski definition) is 3. The fourth-order valence-electron chi connectivity index (χ4n) is 2.33. The fourth-order valence-corrected chi connectivity index (χ4v) is 2.49. The van der Waals surface area contributed by atoms with Crippen molar-refractivity contribution in [3.63, 3.8) is 0 Å². The minimum Gasteiger partial charge on any atom is -0.325 e. The second-order valence-electron chi connectivity index (χ2n) is 4.94. The number of hydrogen-bond donors (Lipinski definition) is 1. The van der Waals surface area contributed by atoms with E-state index in [0.717, 1.165) is 22.5 Å². The molecule has 0 saturated carbocycles. The van der Waals surface area contributed by atoms with E-state index in [2.05, 4.69) is 10.3 Å². The molecule has 1 heterocycles. The van der Waals surface area contributed by atoms with Gasteiger partial charge in [0.2, 0.25) is 0 Å². The van der Waals surface area contributed by atoms with Gasteiger partial charge in [-0.15, -0.1) is 5.10 Å². The molecular formula is C16H14ClFN4. The summed E-state index contributed by atoms with van der Waals surface area (Å²) in [6.45, 7) is 2.20. The summed E-state index contributed by atoms with van der Waals surface area (Å²) < 4.78 is 14.9. The summed E-state index contributed by atoms with van der Waals surface area (Å²) in [4.78, 5) is 0. The second kappa shape index (κ2) is 5.87. The lowest BCUT2D eigenvalue weighted by molar-refractivity contribution is 0.628. The first-order valence-electron chi connectivity index (χ1n) is 6.77. The number of benzene rings is 2. The predicted octanol–water partition coefficient (Wildman–Crippen LogP) is 3.49. The van der Waals surface area contributed by atoms with Crippen LogP contribution in [0.15, 0.2) is 42.5 Å². The van der Waals surface area contributed by atoms with Crippen LogP contribution in [0.2, 0.25) is 5.02 Å². The SMILES string of the molecule is Cc1ccc(Cl)cc1-n1nnc(CN)c1-c1ccc(F)cc1. The fraction of sp³-hybridized carbons (Fsp3) is 0.125. The molecule has 3 rings (SSSR count). The Hall–Kier alpha value is -2.24. The van der Waals surface area contributed by atoms with E-state index < -0.39 is 0 Å². The van der Waals surface area contributed by atoms with E-state index in [9.17, 15) is 4.39 Å². The Morgan fingerprint density at radius 2 is 1.91 bits per heavy atom. The van der Waals surface area contributed by atoms with Crippen LogP contribution in [-0.4, -0.2) is 15.0 Å². The predicted molar refractivity (Wildman–Crippen MR) is 84.4 cm³/mol. The Labute approximate surface area is 132 Å². The van der Waals surface area contributed by atoms with Crippen molar-refractivity contribution < 1.29 is 4.39 Å². The number of halogens is 2. The third-order valence-electron chi connectivity index (χ3n) is 3.45. The van der Waals surface area contributed by atoms with E-state index in [1.54, 1.807) is 16.8 Å². The first kappa shape index (κ1) is 14.7. The van der Waals surface area contributed by atoms with E-state index >= 15 is 0 Å². The van der Waals surface area contributed by atoms with Gasteiger partial charge in [-0.25, -0.2) is 9.07 Å². The standard InChI is InChI=1S/C16H14ClFN4/c1-10-2-5-12(17)8-15(10)22-16(14(9-19)20-21-22)11-3-6-13(18)7-4-11/h2-8H,9,19H2,1H3. The highest BCUT2D eigenvalue weighted by molar-refractivity contribution is 6.30. The molecule has 0 saturated heterocycles. The zero-order valence-corrected chi connectivity index (χ0v) is 12.7. The molecule has 2 aromatic carbocycles. The van der Waals surface area contributed by atoms with Gasteiger partial charge in [0.1, 0.15) is 11.5 Å². The van der Waals surface area contributed by atoms with Gasteiger partial charge in [0, 0.05) is 17.1 Å². The largest absolute Gasteiger partial charge is 0.325 e. The van der Waals surface area contributed by atoms with Crippen LogP contribution in [0.3, 0.4) is 0 Å². The van der Waals surface area contributed by atoms with Gasteiger partial charge in [-0.3, -0.25) is 0 Å². The average molecular weight is 317 g/mol. The highest BCUT2D eigenvalue weighted by Gasteiger charge is 2.16. The summed E-state index contributed by atoms with van der Waals surface area (Å²) in [5, 5.41) is 8.93. The van der Waals surface area contributed by atoms with Crippen LogP contribution in [0, 0.1) is 12.7 Å². The van der Waals surface area contributed by atoms with Gasteiger partial charge in [0.05, 0.1) is 11.4 Å². The smallest absolute Gasteiger partial charge is 0.123 e. The zero-order chi connectivity index (χ0) is 15.7. The van der Waals surface area contributed by atoms with Crippen molar-refractivity contribution in [3.8, 4) is 16.9 Å². The normalized spacial score (nSPS) is 10.9. The highest BCUT2D eigenvalue weighted by atomic mass is 35.5. The lowest BCUT2D eigenvalue weighted by Crippen LogP contribution is -2.04. The van der Waals surface area contributed by atoms with Crippen molar-refractivity contribution in [1.29, 1.82) is 0 Å². The Morgan fingerprint density at radius 3 is 2.59 bits per heavy atom. The van der Waals surface area contributed by atoms with Gasteiger partial charge >= 0.3 is 0 Å². The van der Waals surface area contributed by atoms with E-state index in [1.165, 1.54) is 12.1 Å². The van der Waals surface area contributed by atoms with Crippen LogP contribution in [0.4, 0.5) is 4.39 Å². The minimum atomic E-state index is -0.295. The van der Waals surface area contributed by atoms with Crippen LogP contribution >= 0.6 is 11.6 Å². The maximum atomic E-state index is 13.2. The maximum Gasteiger partial charge on any atom is 0.123 e. The highest BCUT2D eigenvalue weighted by Crippen LogP contribution is 2.28. The molecule has 3 aromatic rings. The molecule has 0 bridgehead atoms. The van der Waals surface area contributed by atoms with E-state index in [4.69, 9.17) is 17.3 Å². The zero-order valence-electron chi connectivity index (χ0n) is 11.9. The molecule has 0 atom stereocenters. The van der Waals surface area contributed by atoms with Crippen molar-refractivity contribution in [2.45, 2.75) is 13.5 Å². The van der Waals surface area contributed by atoms with E-state index in [1.807, 2.05) is 25.1 Å². The Balaban J connectivity index is 2.23. The Bertz CT molecular complexity index is 812. The number of aryl methyl sites for hydroxylation is 1. The van der Waals surface area contributed by atoms with E-state index in [-0.39, 0.29) is 12.4 Å². The molecule has 0 fully saturated rings. The molecule has 22 heavy (non-hydrogen) atoms. The molecule has 1 aromatic heterocycles. The van der Waals surface area contributed by atoms with Crippen LogP contribution in [0.5, 0.6) is 0 Å². The molecule has 0 radical (unpaired) electrons. The van der Waals surface area contributed by atoms with Gasteiger partial charge in [-0.1, -0.05) is 22.9 Å². The minimum absolute atomic E-state index is 0.242. The number of nitrogens with zero attached hydrogens (tertiary/aromatic N) is 3. The van der Waals surface area contributed by atoms with Gasteiger partial charge in [0.25, 0.3) is 0 Å².